The highest BCUT2D eigenvalue weighted by atomic mass is 16.7. The van der Waals surface area contributed by atoms with Gasteiger partial charge in [0.2, 0.25) is 0 Å². The lowest BCUT2D eigenvalue weighted by Crippen LogP contribution is -2.34. The molecular formula is C17H20N2O2. The van der Waals surface area contributed by atoms with Crippen LogP contribution >= 0.6 is 0 Å². The van der Waals surface area contributed by atoms with Crippen LogP contribution < -0.4 is 5.48 Å². The molecule has 3 rings (SSSR count). The second-order valence-electron chi connectivity index (χ2n) is 5.39. The van der Waals surface area contributed by atoms with Crippen LogP contribution in [0.5, 0.6) is 0 Å². The Morgan fingerprint density at radius 3 is 2.29 bits per heavy atom. The van der Waals surface area contributed by atoms with Gasteiger partial charge in [0, 0.05) is 19.0 Å². The number of hydroxylamine groups is 3. The number of nitrogens with zero attached hydrogens (tertiary/aromatic N) is 1. The molecule has 2 aromatic rings. The predicted molar refractivity (Wildman–Crippen MR) is 80.7 cm³/mol. The number of rotatable bonds is 4. The van der Waals surface area contributed by atoms with E-state index in [0.29, 0.717) is 0 Å². The van der Waals surface area contributed by atoms with Crippen molar-refractivity contribution >= 4 is 0 Å². The molecule has 0 spiro atoms. The molecule has 2 N–H and O–H groups in total. The van der Waals surface area contributed by atoms with Gasteiger partial charge in [-0.2, -0.15) is 10.5 Å². The van der Waals surface area contributed by atoms with Crippen molar-refractivity contribution in [3.05, 3.63) is 71.8 Å². The van der Waals surface area contributed by atoms with Gasteiger partial charge in [-0.15, -0.1) is 0 Å². The molecule has 1 saturated heterocycles. The van der Waals surface area contributed by atoms with E-state index in [2.05, 4.69) is 29.7 Å². The van der Waals surface area contributed by atoms with Crippen LogP contribution in [0.1, 0.15) is 17.0 Å². The van der Waals surface area contributed by atoms with Crippen LogP contribution in [-0.4, -0.2) is 29.6 Å². The SMILES string of the molecule is CN1O[C@@H](NO)[C@H](c2ccccc2)[C@@H]1Cc1ccccc1. The van der Waals surface area contributed by atoms with Gasteiger partial charge in [0.15, 0.2) is 6.23 Å². The quantitative estimate of drug-likeness (QED) is 0.847. The molecule has 110 valence electrons. The second-order valence-corrected chi connectivity index (χ2v) is 5.39. The van der Waals surface area contributed by atoms with E-state index < -0.39 is 6.23 Å². The highest BCUT2D eigenvalue weighted by Crippen LogP contribution is 2.35. The van der Waals surface area contributed by atoms with E-state index in [1.807, 2.05) is 48.5 Å². The van der Waals surface area contributed by atoms with Crippen LogP contribution in [0.2, 0.25) is 0 Å². The summed E-state index contributed by atoms with van der Waals surface area (Å²) >= 11 is 0. The minimum atomic E-state index is -0.425. The van der Waals surface area contributed by atoms with E-state index in [4.69, 9.17) is 4.84 Å². The standard InChI is InChI=1S/C17H20N2O2/c1-19-15(12-13-8-4-2-5-9-13)16(17(18-20)21-19)14-10-6-3-7-11-14/h2-11,15-18,20H,12H2,1H3/t15-,16+,17+/m0/s1. The highest BCUT2D eigenvalue weighted by Gasteiger charge is 2.42. The van der Waals surface area contributed by atoms with Crippen LogP contribution in [0.15, 0.2) is 60.7 Å². The Balaban J connectivity index is 1.89. The maximum atomic E-state index is 9.40. The van der Waals surface area contributed by atoms with E-state index in [9.17, 15) is 5.21 Å². The van der Waals surface area contributed by atoms with Crippen molar-refractivity contribution in [1.29, 1.82) is 0 Å². The second kappa shape index (κ2) is 6.37. The van der Waals surface area contributed by atoms with E-state index >= 15 is 0 Å². The van der Waals surface area contributed by atoms with Crippen molar-refractivity contribution in [2.75, 3.05) is 7.05 Å². The van der Waals surface area contributed by atoms with Gasteiger partial charge < -0.3 is 5.21 Å². The molecule has 0 unspecified atom stereocenters. The minimum absolute atomic E-state index is 0.0707. The summed E-state index contributed by atoms with van der Waals surface area (Å²) in [7, 11) is 1.92. The van der Waals surface area contributed by atoms with Crippen molar-refractivity contribution in [1.82, 2.24) is 10.5 Å². The summed E-state index contributed by atoms with van der Waals surface area (Å²) in [5, 5.41) is 11.2. The van der Waals surface area contributed by atoms with Crippen LogP contribution in [0.25, 0.3) is 0 Å². The summed E-state index contributed by atoms with van der Waals surface area (Å²) in [4.78, 5) is 5.73. The van der Waals surface area contributed by atoms with E-state index in [-0.39, 0.29) is 12.0 Å². The maximum absolute atomic E-state index is 9.40. The van der Waals surface area contributed by atoms with Crippen molar-refractivity contribution < 1.29 is 10.0 Å². The number of benzene rings is 2. The van der Waals surface area contributed by atoms with Gasteiger partial charge in [0.25, 0.3) is 0 Å². The Hall–Kier alpha value is -1.72. The first-order valence-corrected chi connectivity index (χ1v) is 7.17. The molecule has 1 heterocycles. The van der Waals surface area contributed by atoms with Crippen molar-refractivity contribution in [3.63, 3.8) is 0 Å². The lowest BCUT2D eigenvalue weighted by molar-refractivity contribution is -0.176. The van der Waals surface area contributed by atoms with Gasteiger partial charge in [-0.1, -0.05) is 60.7 Å². The normalized spacial score (nSPS) is 26.1. The summed E-state index contributed by atoms with van der Waals surface area (Å²) in [5.74, 6) is 0.0707. The number of hydrogen-bond donors (Lipinski definition) is 2. The number of likely N-dealkylation sites (N-methyl/N-ethyl adjacent to an activating group) is 1. The fraction of sp³-hybridized carbons (Fsp3) is 0.294. The van der Waals surface area contributed by atoms with Crippen LogP contribution in [0.4, 0.5) is 0 Å². The molecule has 0 aromatic heterocycles. The molecule has 0 amide bonds. The molecule has 4 nitrogen and oxygen atoms in total. The first kappa shape index (κ1) is 14.2. The summed E-state index contributed by atoms with van der Waals surface area (Å²) in [5.41, 5.74) is 4.72. The van der Waals surface area contributed by atoms with Gasteiger partial charge in [-0.05, 0) is 17.5 Å². The largest absolute Gasteiger partial charge is 0.314 e. The molecule has 0 aliphatic carbocycles. The molecule has 0 bridgehead atoms. The highest BCUT2D eigenvalue weighted by molar-refractivity contribution is 5.25. The van der Waals surface area contributed by atoms with Crippen molar-refractivity contribution in [3.8, 4) is 0 Å². The van der Waals surface area contributed by atoms with Gasteiger partial charge in [-0.3, -0.25) is 4.84 Å². The molecule has 1 aliphatic rings. The number of hydrogen-bond acceptors (Lipinski definition) is 4. The minimum Gasteiger partial charge on any atom is -0.314 e. The number of nitrogens with one attached hydrogen (secondary N) is 1. The monoisotopic (exact) mass is 284 g/mol. The van der Waals surface area contributed by atoms with Crippen molar-refractivity contribution in [2.45, 2.75) is 24.6 Å². The summed E-state index contributed by atoms with van der Waals surface area (Å²) in [6.45, 7) is 0. The molecular weight excluding hydrogens is 264 g/mol. The maximum Gasteiger partial charge on any atom is 0.159 e. The Kier molecular flexibility index (Phi) is 4.31. The average molecular weight is 284 g/mol. The van der Waals surface area contributed by atoms with Crippen LogP contribution in [0, 0.1) is 0 Å². The summed E-state index contributed by atoms with van der Waals surface area (Å²) in [6, 6.07) is 20.7. The third-order valence-electron chi connectivity index (χ3n) is 4.09. The molecule has 4 heteroatoms. The lowest BCUT2D eigenvalue weighted by Gasteiger charge is -2.23. The van der Waals surface area contributed by atoms with Gasteiger partial charge in [0.05, 0.1) is 0 Å². The van der Waals surface area contributed by atoms with E-state index in [1.165, 1.54) is 5.56 Å². The zero-order valence-corrected chi connectivity index (χ0v) is 12.0. The molecule has 21 heavy (non-hydrogen) atoms. The Morgan fingerprint density at radius 2 is 1.67 bits per heavy atom. The molecule has 0 saturated carbocycles. The fourth-order valence-corrected chi connectivity index (χ4v) is 3.04. The van der Waals surface area contributed by atoms with E-state index in [1.54, 1.807) is 0 Å². The zero-order chi connectivity index (χ0) is 14.7. The van der Waals surface area contributed by atoms with Gasteiger partial charge in [-0.25, -0.2) is 0 Å². The Morgan fingerprint density at radius 1 is 1.05 bits per heavy atom. The molecule has 3 atom stereocenters. The smallest absolute Gasteiger partial charge is 0.159 e. The Labute approximate surface area is 124 Å². The van der Waals surface area contributed by atoms with Gasteiger partial charge in [0.1, 0.15) is 0 Å². The average Bonchev–Trinajstić information content (AvgIpc) is 2.85. The fourth-order valence-electron chi connectivity index (χ4n) is 3.04. The first-order valence-electron chi connectivity index (χ1n) is 7.17. The van der Waals surface area contributed by atoms with Gasteiger partial charge >= 0.3 is 0 Å². The molecule has 0 radical (unpaired) electrons. The third kappa shape index (κ3) is 2.99. The molecule has 2 aromatic carbocycles. The Bertz CT molecular complexity index is 562. The van der Waals surface area contributed by atoms with E-state index in [0.717, 1.165) is 12.0 Å². The van der Waals surface area contributed by atoms with Crippen molar-refractivity contribution in [2.24, 2.45) is 0 Å². The van der Waals surface area contributed by atoms with Crippen LogP contribution in [0.3, 0.4) is 0 Å². The molecule has 1 fully saturated rings. The van der Waals surface area contributed by atoms with Crippen LogP contribution in [-0.2, 0) is 11.3 Å². The third-order valence-corrected chi connectivity index (χ3v) is 4.09. The topological polar surface area (TPSA) is 44.7 Å². The lowest BCUT2D eigenvalue weighted by atomic mass is 9.87. The summed E-state index contributed by atoms with van der Waals surface area (Å²) in [6.07, 6.45) is 0.445. The zero-order valence-electron chi connectivity index (χ0n) is 12.0. The first-order chi connectivity index (χ1) is 10.3. The predicted octanol–water partition coefficient (Wildman–Crippen LogP) is 2.56. The molecule has 1 aliphatic heterocycles. The summed E-state index contributed by atoms with van der Waals surface area (Å²) < 4.78 is 0.